The molecule has 0 aliphatic rings. The van der Waals surface area contributed by atoms with E-state index < -0.39 is 11.7 Å². The Morgan fingerprint density at radius 1 is 1.44 bits per heavy atom. The van der Waals surface area contributed by atoms with E-state index in [0.717, 1.165) is 6.07 Å². The van der Waals surface area contributed by atoms with Crippen LogP contribution in [0.2, 0.25) is 10.0 Å². The summed E-state index contributed by atoms with van der Waals surface area (Å²) < 4.78 is 13.2. The number of nitrogens with one attached hydrogen (secondary N) is 1. The van der Waals surface area contributed by atoms with E-state index in [0.29, 0.717) is 13.1 Å². The number of amides is 1. The first kappa shape index (κ1) is 17.4. The number of carbonyl (C=O) groups is 1. The van der Waals surface area contributed by atoms with Gasteiger partial charge in [0.15, 0.2) is 0 Å². The fraction of sp³-hybridized carbons (Fsp3) is 0.364. The van der Waals surface area contributed by atoms with Gasteiger partial charge in [-0.15, -0.1) is 12.4 Å². The van der Waals surface area contributed by atoms with Crippen LogP contribution < -0.4 is 11.1 Å². The number of halogens is 4. The van der Waals surface area contributed by atoms with Crippen LogP contribution in [0, 0.1) is 11.7 Å². The van der Waals surface area contributed by atoms with Gasteiger partial charge in [0.25, 0.3) is 5.91 Å². The summed E-state index contributed by atoms with van der Waals surface area (Å²) in [6.45, 7) is 2.77. The van der Waals surface area contributed by atoms with Crippen LogP contribution in [0.1, 0.15) is 17.3 Å². The van der Waals surface area contributed by atoms with Gasteiger partial charge in [0.05, 0.1) is 15.6 Å². The normalized spacial score (nSPS) is 11.6. The zero-order valence-corrected chi connectivity index (χ0v) is 12.0. The number of hydrogen-bond donors (Lipinski definition) is 2. The molecule has 0 heterocycles. The molecule has 1 aromatic rings. The van der Waals surface area contributed by atoms with Crippen LogP contribution >= 0.6 is 35.6 Å². The van der Waals surface area contributed by atoms with Gasteiger partial charge in [-0.2, -0.15) is 0 Å². The molecule has 0 saturated heterocycles. The zero-order valence-electron chi connectivity index (χ0n) is 9.67. The highest BCUT2D eigenvalue weighted by Gasteiger charge is 2.14. The third-order valence-electron chi connectivity index (χ3n) is 2.27. The van der Waals surface area contributed by atoms with Crippen molar-refractivity contribution >= 4 is 41.5 Å². The van der Waals surface area contributed by atoms with Crippen molar-refractivity contribution in [3.05, 3.63) is 33.6 Å². The van der Waals surface area contributed by atoms with Crippen LogP contribution in [0.4, 0.5) is 4.39 Å². The number of rotatable bonds is 4. The Morgan fingerprint density at radius 3 is 2.61 bits per heavy atom. The number of carbonyl (C=O) groups excluding carboxylic acids is 1. The molecule has 0 saturated carbocycles. The van der Waals surface area contributed by atoms with Gasteiger partial charge in [-0.3, -0.25) is 4.79 Å². The average Bonchev–Trinajstić information content (AvgIpc) is 2.30. The van der Waals surface area contributed by atoms with Gasteiger partial charge in [-0.05, 0) is 24.6 Å². The van der Waals surface area contributed by atoms with Gasteiger partial charge >= 0.3 is 0 Å². The predicted octanol–water partition coefficient (Wildman–Crippen LogP) is 2.88. The summed E-state index contributed by atoms with van der Waals surface area (Å²) in [7, 11) is 0. The molecule has 0 aliphatic heterocycles. The Balaban J connectivity index is 0.00000289. The molecule has 0 aromatic heterocycles. The molecular weight excluding hydrogens is 301 g/mol. The zero-order chi connectivity index (χ0) is 13.0. The van der Waals surface area contributed by atoms with Gasteiger partial charge in [0, 0.05) is 6.54 Å². The van der Waals surface area contributed by atoms with Gasteiger partial charge in [0.1, 0.15) is 5.82 Å². The first-order valence-corrected chi connectivity index (χ1v) is 5.84. The summed E-state index contributed by atoms with van der Waals surface area (Å²) >= 11 is 11.3. The van der Waals surface area contributed by atoms with E-state index >= 15 is 0 Å². The van der Waals surface area contributed by atoms with Crippen molar-refractivity contribution in [2.75, 3.05) is 13.1 Å². The van der Waals surface area contributed by atoms with Crippen LogP contribution in [0.25, 0.3) is 0 Å². The van der Waals surface area contributed by atoms with Crippen molar-refractivity contribution < 1.29 is 9.18 Å². The summed E-state index contributed by atoms with van der Waals surface area (Å²) in [6, 6.07) is 2.23. The Kier molecular flexibility index (Phi) is 7.55. The Bertz CT molecular complexity index is 429. The molecule has 0 fully saturated rings. The molecule has 1 amide bonds. The maximum absolute atomic E-state index is 13.2. The van der Waals surface area contributed by atoms with Crippen molar-refractivity contribution in [2.45, 2.75) is 6.92 Å². The molecule has 0 bridgehead atoms. The largest absolute Gasteiger partial charge is 0.352 e. The molecule has 102 valence electrons. The van der Waals surface area contributed by atoms with Gasteiger partial charge in [-0.1, -0.05) is 30.1 Å². The van der Waals surface area contributed by atoms with Crippen LogP contribution in [-0.4, -0.2) is 19.0 Å². The number of nitrogens with two attached hydrogens (primary N) is 1. The molecule has 3 nitrogen and oxygen atoms in total. The molecular formula is C11H14Cl3FN2O. The third-order valence-corrected chi connectivity index (χ3v) is 2.87. The van der Waals surface area contributed by atoms with Gasteiger partial charge < -0.3 is 11.1 Å². The van der Waals surface area contributed by atoms with Gasteiger partial charge in [0.2, 0.25) is 0 Å². The maximum atomic E-state index is 13.2. The van der Waals surface area contributed by atoms with E-state index in [4.69, 9.17) is 28.9 Å². The highest BCUT2D eigenvalue weighted by Crippen LogP contribution is 2.24. The Morgan fingerprint density at radius 2 is 2.06 bits per heavy atom. The van der Waals surface area contributed by atoms with Crippen molar-refractivity contribution in [3.8, 4) is 0 Å². The third kappa shape index (κ3) is 4.61. The monoisotopic (exact) mass is 314 g/mol. The average molecular weight is 316 g/mol. The second-order valence-corrected chi connectivity index (χ2v) is 4.61. The first-order chi connectivity index (χ1) is 7.95. The van der Waals surface area contributed by atoms with E-state index in [2.05, 4.69) is 5.32 Å². The smallest absolute Gasteiger partial charge is 0.252 e. The lowest BCUT2D eigenvalue weighted by Gasteiger charge is -2.11. The van der Waals surface area contributed by atoms with E-state index in [1.54, 1.807) is 0 Å². The van der Waals surface area contributed by atoms with Gasteiger partial charge in [-0.25, -0.2) is 4.39 Å². The minimum absolute atomic E-state index is 0. The topological polar surface area (TPSA) is 55.1 Å². The molecule has 18 heavy (non-hydrogen) atoms. The Hall–Kier alpha value is -0.550. The summed E-state index contributed by atoms with van der Waals surface area (Å²) in [5, 5.41) is 2.63. The SMILES string of the molecule is CC(CN)CNC(=O)c1cc(F)c(Cl)cc1Cl.Cl. The summed E-state index contributed by atoms with van der Waals surface area (Å²) in [4.78, 5) is 11.7. The first-order valence-electron chi connectivity index (χ1n) is 5.08. The van der Waals surface area contributed by atoms with Crippen molar-refractivity contribution in [1.82, 2.24) is 5.32 Å². The van der Waals surface area contributed by atoms with Crippen LogP contribution in [0.5, 0.6) is 0 Å². The summed E-state index contributed by atoms with van der Waals surface area (Å²) in [5.74, 6) is -0.964. The van der Waals surface area contributed by atoms with Crippen LogP contribution in [0.15, 0.2) is 12.1 Å². The molecule has 0 aliphatic carbocycles. The molecule has 7 heteroatoms. The molecule has 0 radical (unpaired) electrons. The minimum atomic E-state index is -0.673. The predicted molar refractivity (Wildman–Crippen MR) is 74.2 cm³/mol. The fourth-order valence-electron chi connectivity index (χ4n) is 1.14. The fourth-order valence-corrected chi connectivity index (χ4v) is 1.61. The van der Waals surface area contributed by atoms with E-state index in [-0.39, 0.29) is 33.9 Å². The molecule has 1 unspecified atom stereocenters. The van der Waals surface area contributed by atoms with Crippen molar-refractivity contribution in [1.29, 1.82) is 0 Å². The minimum Gasteiger partial charge on any atom is -0.352 e. The number of hydrogen-bond acceptors (Lipinski definition) is 2. The summed E-state index contributed by atoms with van der Waals surface area (Å²) in [5.41, 5.74) is 5.48. The van der Waals surface area contributed by atoms with Crippen LogP contribution in [0.3, 0.4) is 0 Å². The molecule has 1 atom stereocenters. The summed E-state index contributed by atoms with van der Waals surface area (Å²) in [6.07, 6.45) is 0. The molecule has 1 aromatic carbocycles. The van der Waals surface area contributed by atoms with Crippen LogP contribution in [-0.2, 0) is 0 Å². The highest BCUT2D eigenvalue weighted by molar-refractivity contribution is 6.36. The van der Waals surface area contributed by atoms with E-state index in [1.807, 2.05) is 6.92 Å². The molecule has 3 N–H and O–H groups in total. The lowest BCUT2D eigenvalue weighted by atomic mass is 10.1. The lowest BCUT2D eigenvalue weighted by Crippen LogP contribution is -2.31. The van der Waals surface area contributed by atoms with E-state index in [1.165, 1.54) is 6.07 Å². The maximum Gasteiger partial charge on any atom is 0.252 e. The standard InChI is InChI=1S/C11H13Cl2FN2O.ClH/c1-6(4-15)5-16-11(17)7-2-10(14)9(13)3-8(7)12;/h2-3,6H,4-5,15H2,1H3,(H,16,17);1H. The quantitative estimate of drug-likeness (QED) is 0.839. The van der Waals surface area contributed by atoms with E-state index in [9.17, 15) is 9.18 Å². The second-order valence-electron chi connectivity index (χ2n) is 3.80. The van der Waals surface area contributed by atoms with Crippen molar-refractivity contribution in [2.24, 2.45) is 11.7 Å². The molecule has 0 spiro atoms. The Labute approximate surface area is 121 Å². The molecule has 1 rings (SSSR count). The van der Waals surface area contributed by atoms with Crippen molar-refractivity contribution in [3.63, 3.8) is 0 Å². The second kappa shape index (κ2) is 7.79. The lowest BCUT2D eigenvalue weighted by molar-refractivity contribution is 0.0948. The highest BCUT2D eigenvalue weighted by atomic mass is 35.5. The number of benzene rings is 1.